The predicted molar refractivity (Wildman–Crippen MR) is 215 cm³/mol. The summed E-state index contributed by atoms with van der Waals surface area (Å²) < 4.78 is 53.1. The van der Waals surface area contributed by atoms with Crippen LogP contribution in [0.2, 0.25) is 0 Å². The van der Waals surface area contributed by atoms with Crippen LogP contribution in [0.25, 0.3) is 0 Å². The van der Waals surface area contributed by atoms with Gasteiger partial charge < -0.3 is 37.9 Å². The van der Waals surface area contributed by atoms with E-state index in [-0.39, 0.29) is 37.0 Å². The molecule has 3 aromatic carbocycles. The van der Waals surface area contributed by atoms with Gasteiger partial charge in [-0.1, -0.05) is 126 Å². The maximum atomic E-state index is 13.5. The highest BCUT2D eigenvalue weighted by Gasteiger charge is 2.54. The van der Waals surface area contributed by atoms with E-state index in [2.05, 4.69) is 0 Å². The van der Waals surface area contributed by atoms with Crippen molar-refractivity contribution in [1.82, 2.24) is 0 Å². The average Bonchev–Trinajstić information content (AvgIpc) is 3.22. The van der Waals surface area contributed by atoms with E-state index in [4.69, 9.17) is 37.9 Å². The number of carbonyl (C=O) groups is 2. The first kappa shape index (κ1) is 43.8. The largest absolute Gasteiger partial charge is 0.456 e. The van der Waals surface area contributed by atoms with Crippen LogP contribution >= 0.6 is 11.8 Å². The van der Waals surface area contributed by atoms with Crippen molar-refractivity contribution in [3.63, 3.8) is 0 Å². The van der Waals surface area contributed by atoms with E-state index < -0.39 is 60.6 Å². The molecular weight excluding hydrogens is 733 g/mol. The first-order valence-corrected chi connectivity index (χ1v) is 21.1. The van der Waals surface area contributed by atoms with Gasteiger partial charge in [0.25, 0.3) is 0 Å². The second-order valence-corrected chi connectivity index (χ2v) is 16.1. The molecule has 2 aliphatic heterocycles. The summed E-state index contributed by atoms with van der Waals surface area (Å²) >= 11 is 1.51. The van der Waals surface area contributed by atoms with Crippen molar-refractivity contribution in [3.8, 4) is 0 Å². The van der Waals surface area contributed by atoms with Gasteiger partial charge in [0.1, 0.15) is 29.9 Å². The first-order chi connectivity index (χ1) is 27.1. The monoisotopic (exact) mass is 792 g/mol. The normalized spacial score (nSPS) is 28.9. The number of ether oxygens (including phenoxy) is 8. The second-order valence-electron chi connectivity index (χ2n) is 14.7. The highest BCUT2D eigenvalue weighted by atomic mass is 32.2. The summed E-state index contributed by atoms with van der Waals surface area (Å²) in [5.74, 6) is -0.809. The van der Waals surface area contributed by atoms with Crippen molar-refractivity contribution in [1.29, 1.82) is 0 Å². The van der Waals surface area contributed by atoms with Crippen molar-refractivity contribution in [2.24, 2.45) is 11.8 Å². The van der Waals surface area contributed by atoms with Gasteiger partial charge in [-0.15, -0.1) is 11.8 Å². The van der Waals surface area contributed by atoms with Gasteiger partial charge in [0.05, 0.1) is 43.9 Å². The Hall–Kier alpha value is -3.29. The van der Waals surface area contributed by atoms with Gasteiger partial charge in [-0.3, -0.25) is 9.59 Å². The molecule has 2 aliphatic rings. The summed E-state index contributed by atoms with van der Waals surface area (Å²) in [6, 6.07) is 29.8. The molecule has 11 heteroatoms. The molecule has 2 saturated heterocycles. The SMILES string of the molecule is CCS[C@@H]1O[C@@H](C)[C@H](OC(=O)[C@@H](C)CC)[C@@H](O[C@@H]2O[C@@H](C)[C@H](OCc3ccccc3)[C@@H](OCc3ccccc3)[C@H]2OCc2ccccc2)[C@H]1OC(=O)[C@@H](C)CC. The van der Waals surface area contributed by atoms with Crippen LogP contribution in [-0.2, 0) is 67.3 Å². The van der Waals surface area contributed by atoms with E-state index in [1.165, 1.54) is 11.8 Å². The molecule has 10 nitrogen and oxygen atoms in total. The average molecular weight is 793 g/mol. The molecule has 0 bridgehead atoms. The minimum atomic E-state index is -1.05. The molecule has 56 heavy (non-hydrogen) atoms. The molecule has 0 N–H and O–H groups in total. The van der Waals surface area contributed by atoms with Gasteiger partial charge in [-0.2, -0.15) is 0 Å². The number of hydrogen-bond donors (Lipinski definition) is 0. The topological polar surface area (TPSA) is 108 Å². The zero-order chi connectivity index (χ0) is 40.0. The fourth-order valence-corrected chi connectivity index (χ4v) is 7.66. The maximum Gasteiger partial charge on any atom is 0.309 e. The van der Waals surface area contributed by atoms with E-state index in [9.17, 15) is 9.59 Å². The maximum absolute atomic E-state index is 13.5. The van der Waals surface area contributed by atoms with Gasteiger partial charge in [0.2, 0.25) is 0 Å². The Labute approximate surface area is 337 Å². The van der Waals surface area contributed by atoms with E-state index >= 15 is 0 Å². The smallest absolute Gasteiger partial charge is 0.309 e. The summed E-state index contributed by atoms with van der Waals surface area (Å²) in [6.45, 7) is 14.2. The van der Waals surface area contributed by atoms with Crippen molar-refractivity contribution in [2.45, 2.75) is 142 Å². The fraction of sp³-hybridized carbons (Fsp3) is 0.556. The molecule has 0 saturated carbocycles. The zero-order valence-corrected chi connectivity index (χ0v) is 34.6. The van der Waals surface area contributed by atoms with Crippen LogP contribution in [0.1, 0.15) is 78.0 Å². The summed E-state index contributed by atoms with van der Waals surface area (Å²) in [7, 11) is 0. The van der Waals surface area contributed by atoms with Crippen molar-refractivity contribution < 1.29 is 47.5 Å². The molecule has 0 aromatic heterocycles. The lowest BCUT2D eigenvalue weighted by Crippen LogP contribution is -2.65. The van der Waals surface area contributed by atoms with Crippen LogP contribution in [-0.4, -0.2) is 78.2 Å². The highest BCUT2D eigenvalue weighted by molar-refractivity contribution is 7.99. The van der Waals surface area contributed by atoms with Gasteiger partial charge in [0.15, 0.2) is 18.5 Å². The molecule has 306 valence electrons. The van der Waals surface area contributed by atoms with Crippen LogP contribution in [0.5, 0.6) is 0 Å². The molecular formula is C45H60O10S. The minimum absolute atomic E-state index is 0.233. The first-order valence-electron chi connectivity index (χ1n) is 20.1. The van der Waals surface area contributed by atoms with Crippen LogP contribution < -0.4 is 0 Å². The summed E-state index contributed by atoms with van der Waals surface area (Å²) in [5.41, 5.74) is 2.35. The molecule has 0 aliphatic carbocycles. The summed E-state index contributed by atoms with van der Waals surface area (Å²) in [6.07, 6.45) is -5.88. The Morgan fingerprint density at radius 3 is 1.46 bits per heavy atom. The lowest BCUT2D eigenvalue weighted by Gasteiger charge is -2.49. The zero-order valence-electron chi connectivity index (χ0n) is 33.8. The Bertz CT molecular complexity index is 1600. The number of carbonyl (C=O) groups excluding carboxylic acids is 2. The second kappa shape index (κ2) is 22.0. The van der Waals surface area contributed by atoms with Gasteiger partial charge in [0, 0.05) is 0 Å². The highest BCUT2D eigenvalue weighted by Crippen LogP contribution is 2.38. The van der Waals surface area contributed by atoms with E-state index in [1.54, 1.807) is 0 Å². The Balaban J connectivity index is 1.55. The van der Waals surface area contributed by atoms with Crippen LogP contribution in [0.3, 0.4) is 0 Å². The number of benzene rings is 3. The summed E-state index contributed by atoms with van der Waals surface area (Å²) in [4.78, 5) is 27.0. The van der Waals surface area contributed by atoms with Crippen LogP contribution in [0.4, 0.5) is 0 Å². The molecule has 0 amide bonds. The lowest BCUT2D eigenvalue weighted by atomic mass is 9.96. The Morgan fingerprint density at radius 1 is 0.571 bits per heavy atom. The van der Waals surface area contributed by atoms with Crippen molar-refractivity contribution in [3.05, 3.63) is 108 Å². The molecule has 2 fully saturated rings. The quantitative estimate of drug-likeness (QED) is 0.110. The number of rotatable bonds is 19. The van der Waals surface area contributed by atoms with Crippen molar-refractivity contribution >= 4 is 23.7 Å². The van der Waals surface area contributed by atoms with E-state index in [0.29, 0.717) is 25.2 Å². The summed E-state index contributed by atoms with van der Waals surface area (Å²) in [5, 5.41) is 0. The molecule has 3 aromatic rings. The van der Waals surface area contributed by atoms with Gasteiger partial charge >= 0.3 is 11.9 Å². The van der Waals surface area contributed by atoms with Crippen molar-refractivity contribution in [2.75, 3.05) is 5.75 Å². The third-order valence-corrected chi connectivity index (χ3v) is 11.5. The fourth-order valence-electron chi connectivity index (χ4n) is 6.68. The number of esters is 2. The molecule has 0 unspecified atom stereocenters. The Morgan fingerprint density at radius 2 is 1.00 bits per heavy atom. The Kier molecular flexibility index (Phi) is 17.2. The molecule has 2 heterocycles. The molecule has 0 radical (unpaired) electrons. The van der Waals surface area contributed by atoms with E-state index in [1.807, 2.05) is 139 Å². The molecule has 12 atom stereocenters. The van der Waals surface area contributed by atoms with Gasteiger partial charge in [-0.05, 0) is 49.1 Å². The van der Waals surface area contributed by atoms with Crippen LogP contribution in [0.15, 0.2) is 91.0 Å². The standard InChI is InChI=1S/C45H60O10S/c1-8-29(4)42(46)53-37-32(7)52-45(56-10-3)41(54-43(47)30(5)9-2)39(37)55-44-40(50-28-35-24-18-13-19-25-35)38(49-27-34-22-16-12-17-23-34)36(31(6)51-44)48-26-33-20-14-11-15-21-33/h11-25,29-32,36-41,44-45H,8-10,26-28H2,1-7H3/t29-,30-,31-,32-,36-,37-,38+,39+,40+,41+,44-,45-/m0/s1. The van der Waals surface area contributed by atoms with E-state index in [0.717, 1.165) is 16.7 Å². The number of thioether (sulfide) groups is 1. The third kappa shape index (κ3) is 11.9. The third-order valence-electron chi connectivity index (χ3n) is 10.5. The number of hydrogen-bond acceptors (Lipinski definition) is 11. The van der Waals surface area contributed by atoms with Gasteiger partial charge in [-0.25, -0.2) is 0 Å². The lowest BCUT2D eigenvalue weighted by molar-refractivity contribution is -0.349. The minimum Gasteiger partial charge on any atom is -0.456 e. The molecule has 0 spiro atoms. The molecule has 5 rings (SSSR count). The van der Waals surface area contributed by atoms with Crippen LogP contribution in [0, 0.1) is 11.8 Å². The predicted octanol–water partition coefficient (Wildman–Crippen LogP) is 8.29.